The Morgan fingerprint density at radius 3 is 0.588 bits per heavy atom. The van der Waals surface area contributed by atoms with Gasteiger partial charge in [0, 0.05) is 152 Å². The first-order chi connectivity index (χ1) is 54.3. The Kier molecular flexibility index (Phi) is 43.2. The quantitative estimate of drug-likeness (QED) is 0.0668. The first-order valence-corrected chi connectivity index (χ1v) is 44.5. The van der Waals surface area contributed by atoms with Crippen LogP contribution in [-0.2, 0) is 0 Å². The molecule has 114 heavy (non-hydrogen) atoms. The topological polar surface area (TPSA) is 0 Å². The van der Waals surface area contributed by atoms with Crippen LogP contribution < -0.4 is 63.7 Å². The Balaban J connectivity index is 0.000000285. The summed E-state index contributed by atoms with van der Waals surface area (Å²) in [5.74, 6) is 12.0. The van der Waals surface area contributed by atoms with E-state index in [0.29, 0.717) is 0 Å². The zero-order valence-electron chi connectivity index (χ0n) is 65.2. The third kappa shape index (κ3) is 25.0. The summed E-state index contributed by atoms with van der Waals surface area (Å²) in [7, 11) is 2.17. The van der Waals surface area contributed by atoms with Gasteiger partial charge in [0.05, 0.1) is 0 Å². The summed E-state index contributed by atoms with van der Waals surface area (Å²) in [4.78, 5) is 0. The minimum absolute atomic E-state index is 0. The minimum Gasteiger partial charge on any atom is -0.135 e. The van der Waals surface area contributed by atoms with Crippen molar-refractivity contribution in [1.29, 1.82) is 0 Å². The molecule has 0 saturated heterocycles. The van der Waals surface area contributed by atoms with Gasteiger partial charge in [0.25, 0.3) is 0 Å². The molecule has 16 aromatic rings. The van der Waals surface area contributed by atoms with Crippen molar-refractivity contribution in [3.05, 3.63) is 388 Å². The molecule has 0 radical (unpaired) electrons. The van der Waals surface area contributed by atoms with Crippen LogP contribution in [0.4, 0.5) is 0 Å². The van der Waals surface area contributed by atoms with Crippen LogP contribution >= 0.6 is 50.2 Å². The zero-order valence-corrected chi connectivity index (χ0v) is 74.0. The normalized spacial score (nSPS) is 10.7. The summed E-state index contributed by atoms with van der Waals surface area (Å²) in [6.45, 7) is 14.1. The molecule has 0 spiro atoms. The molecule has 16 aromatic carbocycles. The molecule has 0 aliphatic carbocycles. The van der Waals surface area contributed by atoms with Crippen LogP contribution in [0.15, 0.2) is 388 Å². The molecule has 0 nitrogen and oxygen atoms in total. The molecular weight excluding hydrogens is 1590 g/mol. The molecule has 0 heterocycles. The fraction of sp³-hybridized carbons (Fsp3) is 0.0962. The van der Waals surface area contributed by atoms with E-state index in [2.05, 4.69) is 450 Å². The van der Waals surface area contributed by atoms with Crippen LogP contribution in [0.3, 0.4) is 0 Å². The molecule has 10 heteroatoms. The standard InChI is InChI=1S/2C44H32P2.C7H4.C5H14P2.2C2H6.4Ar.H2/c2*1-5-19-35(20-6-1)45(36-21-7-2-8-22-36)41-31-29-33-17-13-15-27-39(33)43(41)44-40-28-16-14-18-34(40)30-32-42(44)46(37-23-9-3-10-24-37)38-25-11-4-12-26-38;1-3-5-7-6-4-2;1-4(6)3-5(2)7;2*1-2;;;;;/h2*1-32H;1H,2H3;4-5H,3,6-7H2,1-2H3;2*1-2H3;;;;;1H/t;;;4-,5-;;;;;;;/m...0......./s1. The number of terminal acetylenes is 1. The van der Waals surface area contributed by atoms with Gasteiger partial charge in [-0.05, 0) is 209 Å². The Morgan fingerprint density at radius 2 is 0.430 bits per heavy atom. The van der Waals surface area contributed by atoms with Crippen LogP contribution in [0.2, 0.25) is 0 Å². The first kappa shape index (κ1) is 96.0. The third-order valence-electron chi connectivity index (χ3n) is 18.3. The summed E-state index contributed by atoms with van der Waals surface area (Å²) in [5.41, 5.74) is 6.94. The molecule has 0 aliphatic rings. The van der Waals surface area contributed by atoms with E-state index in [9.17, 15) is 0 Å². The average molecular weight is 1690 g/mol. The molecule has 2 unspecified atom stereocenters. The van der Waals surface area contributed by atoms with Gasteiger partial charge in [-0.25, -0.2) is 0 Å². The van der Waals surface area contributed by atoms with E-state index in [4.69, 9.17) is 6.42 Å². The predicted molar refractivity (Wildman–Crippen MR) is 506 cm³/mol. The second-order valence-electron chi connectivity index (χ2n) is 25.7. The minimum atomic E-state index is -0.852. The summed E-state index contributed by atoms with van der Waals surface area (Å²) in [5, 5.41) is 26.7. The smallest absolute Gasteiger partial charge is 0 e. The van der Waals surface area contributed by atoms with Gasteiger partial charge in [0.15, 0.2) is 0 Å². The van der Waals surface area contributed by atoms with Crippen molar-refractivity contribution in [3.8, 4) is 58.3 Å². The second-order valence-corrected chi connectivity index (χ2v) is 36.7. The van der Waals surface area contributed by atoms with Gasteiger partial charge in [0.2, 0.25) is 0 Å². The molecule has 16 rings (SSSR count). The molecular formula is C104H96Ar4P6. The van der Waals surface area contributed by atoms with Gasteiger partial charge in [-0.1, -0.05) is 436 Å². The zero-order chi connectivity index (χ0) is 76.8. The summed E-state index contributed by atoms with van der Waals surface area (Å²) >= 11 is 0. The van der Waals surface area contributed by atoms with E-state index in [-0.39, 0.29) is 152 Å². The Hall–Kier alpha value is -5.14. The van der Waals surface area contributed by atoms with E-state index < -0.39 is 31.7 Å². The second kappa shape index (κ2) is 51.4. The van der Waals surface area contributed by atoms with Crippen LogP contribution in [0.1, 0.15) is 56.3 Å². The van der Waals surface area contributed by atoms with Crippen molar-refractivity contribution < 1.29 is 152 Å². The van der Waals surface area contributed by atoms with Gasteiger partial charge in [-0.2, -0.15) is 0 Å². The molecule has 0 fully saturated rings. The van der Waals surface area contributed by atoms with Crippen LogP contribution in [0, 0.1) is 187 Å². The maximum atomic E-state index is 4.78. The van der Waals surface area contributed by atoms with Crippen molar-refractivity contribution >= 4 is 157 Å². The molecule has 0 aromatic heterocycles. The Morgan fingerprint density at radius 1 is 0.254 bits per heavy atom. The van der Waals surface area contributed by atoms with Gasteiger partial charge in [-0.3, -0.25) is 0 Å². The molecule has 4 atom stereocenters. The molecule has 0 bridgehead atoms. The SMILES string of the molecule is C#CC#CC#CC.CC.CC.C[C@H](P)C[C@H](C)P.[Ar].[Ar].[Ar].[Ar].[HH].c1ccc(P(c2ccccc2)c2ccc3ccccc3c2-c2c(P(c3ccccc3)c3ccccc3)ccc3ccccc23)cc1.c1ccc(P(c2ccccc2)c2ccc3ccccc3c2-c2c(P(c3ccccc3)c3ccccc3)ccc3ccccc23)cc1. The van der Waals surface area contributed by atoms with E-state index >= 15 is 0 Å². The number of fused-ring (bicyclic) bond motifs is 4. The maximum absolute atomic E-state index is 4.78. The van der Waals surface area contributed by atoms with E-state index in [1.807, 2.05) is 27.7 Å². The largest absolute Gasteiger partial charge is 0.135 e. The molecule has 574 valence electrons. The van der Waals surface area contributed by atoms with E-state index in [0.717, 1.165) is 11.3 Å². The fourth-order valence-electron chi connectivity index (χ4n) is 13.9. The molecule has 0 saturated carbocycles. The van der Waals surface area contributed by atoms with Gasteiger partial charge in [0.1, 0.15) is 0 Å². The Bertz CT molecular complexity index is 4940. The van der Waals surface area contributed by atoms with Gasteiger partial charge < -0.3 is 0 Å². The van der Waals surface area contributed by atoms with Crippen molar-refractivity contribution in [2.24, 2.45) is 0 Å². The number of benzene rings is 16. The summed E-state index contributed by atoms with van der Waals surface area (Å²) in [6.07, 6.45) is 6.06. The monoisotopic (exact) mass is 1690 g/mol. The Labute approximate surface area is 810 Å². The van der Waals surface area contributed by atoms with Crippen molar-refractivity contribution in [1.82, 2.24) is 0 Å². The molecule has 0 aliphatic heterocycles. The van der Waals surface area contributed by atoms with Gasteiger partial charge >= 0.3 is 0 Å². The van der Waals surface area contributed by atoms with Crippen LogP contribution in [-0.4, -0.2) is 11.3 Å². The van der Waals surface area contributed by atoms with E-state index in [1.54, 1.807) is 6.92 Å². The fourth-order valence-corrected chi connectivity index (χ4v) is 24.9. The van der Waals surface area contributed by atoms with Crippen molar-refractivity contribution in [2.45, 2.75) is 66.2 Å². The summed E-state index contributed by atoms with van der Waals surface area (Å²) < 4.78 is 0. The third-order valence-corrected chi connectivity index (χ3v) is 28.8. The number of hydrogen-bond donors (Lipinski definition) is 0. The maximum Gasteiger partial charge on any atom is 0 e. The van der Waals surface area contributed by atoms with Crippen molar-refractivity contribution in [3.63, 3.8) is 0 Å². The summed E-state index contributed by atoms with van der Waals surface area (Å²) in [6, 6.07) is 144. The number of hydrogen-bond acceptors (Lipinski definition) is 0. The molecule has 0 N–H and O–H groups in total. The first-order valence-electron chi connectivity index (χ1n) is 37.8. The van der Waals surface area contributed by atoms with Crippen LogP contribution in [0.5, 0.6) is 0 Å². The van der Waals surface area contributed by atoms with E-state index in [1.165, 1.54) is 135 Å². The number of rotatable bonds is 16. The van der Waals surface area contributed by atoms with Crippen molar-refractivity contribution in [2.75, 3.05) is 0 Å². The van der Waals surface area contributed by atoms with Gasteiger partial charge in [-0.15, -0.1) is 24.9 Å². The predicted octanol–water partition coefficient (Wildman–Crippen LogP) is 23.2. The molecule has 0 amide bonds. The average Bonchev–Trinajstić information content (AvgIpc) is 0.737. The van der Waals surface area contributed by atoms with Crippen LogP contribution in [0.25, 0.3) is 65.3 Å².